The molecule has 6 nitrogen and oxygen atoms in total. The van der Waals surface area contributed by atoms with Crippen LogP contribution in [0.1, 0.15) is 39.2 Å². The summed E-state index contributed by atoms with van der Waals surface area (Å²) in [6, 6.07) is 9.81. The first-order chi connectivity index (χ1) is 16.3. The molecule has 6 heteroatoms. The van der Waals surface area contributed by atoms with Gasteiger partial charge in [0, 0.05) is 23.8 Å². The molecule has 34 heavy (non-hydrogen) atoms. The Labute approximate surface area is 200 Å². The Morgan fingerprint density at radius 1 is 1.15 bits per heavy atom. The fourth-order valence-corrected chi connectivity index (χ4v) is 5.73. The number of allylic oxidation sites excluding steroid dienone is 3. The molecule has 1 saturated heterocycles. The van der Waals surface area contributed by atoms with E-state index in [1.165, 1.54) is 0 Å². The summed E-state index contributed by atoms with van der Waals surface area (Å²) in [5.41, 5.74) is 1.31. The Bertz CT molecular complexity index is 1060. The van der Waals surface area contributed by atoms with Gasteiger partial charge in [-0.25, -0.2) is 0 Å². The van der Waals surface area contributed by atoms with Crippen LogP contribution in [-0.2, 0) is 25.5 Å². The number of carbonyl (C=O) groups excluding carboxylic acids is 3. The fraction of sp³-hybridized carbons (Fsp3) is 0.464. The van der Waals surface area contributed by atoms with Gasteiger partial charge < -0.3 is 15.2 Å². The van der Waals surface area contributed by atoms with Gasteiger partial charge in [0.25, 0.3) is 5.91 Å². The molecule has 1 aromatic rings. The number of benzene rings is 1. The zero-order valence-corrected chi connectivity index (χ0v) is 20.0. The van der Waals surface area contributed by atoms with Gasteiger partial charge in [-0.15, -0.1) is 0 Å². The molecule has 0 aromatic heterocycles. The van der Waals surface area contributed by atoms with E-state index in [0.717, 1.165) is 11.1 Å². The highest BCUT2D eigenvalue weighted by Crippen LogP contribution is 2.50. The van der Waals surface area contributed by atoms with Crippen LogP contribution in [0.25, 0.3) is 0 Å². The quantitative estimate of drug-likeness (QED) is 0.530. The number of nitrogens with one attached hydrogen (secondary N) is 1. The summed E-state index contributed by atoms with van der Waals surface area (Å²) in [7, 11) is 0. The highest BCUT2D eigenvalue weighted by atomic mass is 16.6. The molecule has 3 aliphatic rings. The molecule has 2 N–H and O–H groups in total. The average molecular weight is 464 g/mol. The van der Waals surface area contributed by atoms with Gasteiger partial charge in [0.05, 0.1) is 13.0 Å². The predicted octanol–water partition coefficient (Wildman–Crippen LogP) is 3.31. The van der Waals surface area contributed by atoms with Crippen molar-refractivity contribution in [3.8, 4) is 0 Å². The number of ketones is 1. The molecular weight excluding hydrogens is 430 g/mol. The van der Waals surface area contributed by atoms with E-state index in [1.54, 1.807) is 13.0 Å². The second kappa shape index (κ2) is 9.71. The van der Waals surface area contributed by atoms with Crippen LogP contribution in [0.4, 0.5) is 0 Å². The van der Waals surface area contributed by atoms with Crippen molar-refractivity contribution in [2.75, 3.05) is 6.61 Å². The van der Waals surface area contributed by atoms with Gasteiger partial charge in [-0.05, 0) is 43.7 Å². The maximum Gasteiger partial charge on any atom is 0.310 e. The van der Waals surface area contributed by atoms with Crippen molar-refractivity contribution < 1.29 is 24.2 Å². The Hall–Kier alpha value is -2.99. The fourth-order valence-electron chi connectivity index (χ4n) is 5.73. The predicted molar refractivity (Wildman–Crippen MR) is 129 cm³/mol. The molecule has 0 unspecified atom stereocenters. The van der Waals surface area contributed by atoms with E-state index in [-0.39, 0.29) is 42.6 Å². The van der Waals surface area contributed by atoms with Gasteiger partial charge in [0.2, 0.25) is 5.60 Å². The largest absolute Gasteiger partial charge is 0.447 e. The van der Waals surface area contributed by atoms with Crippen LogP contribution < -0.4 is 5.32 Å². The highest BCUT2D eigenvalue weighted by Gasteiger charge is 2.64. The number of aliphatic hydroxyl groups is 1. The third-order valence-electron chi connectivity index (χ3n) is 7.69. The first-order valence-electron chi connectivity index (χ1n) is 12.0. The molecule has 4 rings (SSSR count). The Balaban J connectivity index is 1.78. The van der Waals surface area contributed by atoms with Gasteiger partial charge >= 0.3 is 5.97 Å². The number of ether oxygens (including phenoxy) is 1. The molecule has 1 aromatic carbocycles. The standard InChI is InChI=1S/C28H33NO5/c1-17-12-13-24(31)34-28-22(11-7-10-21(16-30)26(17)32)14-18(2)19(3)25(28)23(29-27(28)33)15-20-8-5-4-6-9-20/h4-9,11-12,14,19,21-23,25,30H,10,13,15-16H2,1-3H3,(H,29,33)/b11-7+,17-12+/t19-,21-,22+,23+,25+,28-/m1/s1. The zero-order valence-electron chi connectivity index (χ0n) is 20.0. The lowest BCUT2D eigenvalue weighted by molar-refractivity contribution is -0.176. The van der Waals surface area contributed by atoms with Crippen LogP contribution in [0.3, 0.4) is 0 Å². The molecule has 180 valence electrons. The van der Waals surface area contributed by atoms with E-state index in [4.69, 9.17) is 4.74 Å². The molecule has 1 fully saturated rings. The molecular formula is C28H33NO5. The van der Waals surface area contributed by atoms with Crippen molar-refractivity contribution in [3.63, 3.8) is 0 Å². The van der Waals surface area contributed by atoms with Crippen LogP contribution in [-0.4, -0.2) is 41.0 Å². The maximum absolute atomic E-state index is 13.7. The molecule has 0 saturated carbocycles. The lowest BCUT2D eigenvalue weighted by atomic mass is 9.63. The topological polar surface area (TPSA) is 92.7 Å². The summed E-state index contributed by atoms with van der Waals surface area (Å²) in [4.78, 5) is 39.3. The number of amides is 1. The summed E-state index contributed by atoms with van der Waals surface area (Å²) in [5, 5.41) is 12.9. The van der Waals surface area contributed by atoms with Crippen molar-refractivity contribution >= 4 is 17.7 Å². The molecule has 6 atom stereocenters. The molecule has 1 spiro atoms. The van der Waals surface area contributed by atoms with E-state index < -0.39 is 23.4 Å². The second-order valence-electron chi connectivity index (χ2n) is 9.79. The Morgan fingerprint density at radius 3 is 2.59 bits per heavy atom. The number of esters is 1. The molecule has 0 bridgehead atoms. The summed E-state index contributed by atoms with van der Waals surface area (Å²) < 4.78 is 6.12. The SMILES string of the molecule is CC1=C[C@@H]2/C=C/C[C@H](CO)C(=O)/C(C)=C/CC(=O)O[C@]23C(=O)N[C@@H](Cc2ccccc2)[C@@H]3[C@@H]1C. The number of rotatable bonds is 3. The van der Waals surface area contributed by atoms with E-state index in [9.17, 15) is 19.5 Å². The summed E-state index contributed by atoms with van der Waals surface area (Å²) in [6.07, 6.45) is 8.15. The van der Waals surface area contributed by atoms with Crippen LogP contribution in [0.15, 0.2) is 65.8 Å². The minimum atomic E-state index is -1.36. The van der Waals surface area contributed by atoms with Gasteiger partial charge in [0.15, 0.2) is 5.78 Å². The lowest BCUT2D eigenvalue weighted by Crippen LogP contribution is -2.56. The van der Waals surface area contributed by atoms with Crippen molar-refractivity contribution in [2.45, 2.75) is 51.7 Å². The first kappa shape index (κ1) is 24.1. The van der Waals surface area contributed by atoms with Gasteiger partial charge in [0.1, 0.15) is 0 Å². The normalized spacial score (nSPS) is 36.5. The molecule has 2 aliphatic heterocycles. The van der Waals surface area contributed by atoms with Crippen molar-refractivity contribution in [1.29, 1.82) is 0 Å². The van der Waals surface area contributed by atoms with Crippen molar-refractivity contribution in [3.05, 3.63) is 71.3 Å². The molecule has 1 amide bonds. The smallest absolute Gasteiger partial charge is 0.310 e. The van der Waals surface area contributed by atoms with Crippen molar-refractivity contribution in [1.82, 2.24) is 5.32 Å². The lowest BCUT2D eigenvalue weighted by Gasteiger charge is -2.44. The molecule has 1 aliphatic carbocycles. The van der Waals surface area contributed by atoms with Crippen LogP contribution in [0, 0.1) is 23.7 Å². The van der Waals surface area contributed by atoms with Crippen LogP contribution >= 0.6 is 0 Å². The summed E-state index contributed by atoms with van der Waals surface area (Å²) in [5.74, 6) is -2.24. The summed E-state index contributed by atoms with van der Waals surface area (Å²) in [6.45, 7) is 5.51. The average Bonchev–Trinajstić information content (AvgIpc) is 3.09. The van der Waals surface area contributed by atoms with Gasteiger partial charge in [-0.1, -0.05) is 67.1 Å². The minimum Gasteiger partial charge on any atom is -0.447 e. The monoisotopic (exact) mass is 463 g/mol. The zero-order chi connectivity index (χ0) is 24.5. The number of Topliss-reactive ketones (excluding diaryl/α,β-unsaturated/α-hetero) is 1. The third kappa shape index (κ3) is 4.27. The van der Waals surface area contributed by atoms with E-state index in [2.05, 4.69) is 19.2 Å². The molecule has 2 heterocycles. The Morgan fingerprint density at radius 2 is 1.88 bits per heavy atom. The van der Waals surface area contributed by atoms with Crippen LogP contribution in [0.2, 0.25) is 0 Å². The number of carbonyl (C=O) groups is 3. The number of hydrogen-bond acceptors (Lipinski definition) is 5. The first-order valence-corrected chi connectivity index (χ1v) is 12.0. The number of hydrogen-bond donors (Lipinski definition) is 2. The number of aliphatic hydroxyl groups excluding tert-OH is 1. The maximum atomic E-state index is 13.7. The van der Waals surface area contributed by atoms with Gasteiger partial charge in [-0.2, -0.15) is 0 Å². The highest BCUT2D eigenvalue weighted by molar-refractivity contribution is 5.97. The van der Waals surface area contributed by atoms with Gasteiger partial charge in [-0.3, -0.25) is 14.4 Å². The van der Waals surface area contributed by atoms with E-state index in [1.807, 2.05) is 48.6 Å². The minimum absolute atomic E-state index is 0.0297. The third-order valence-corrected chi connectivity index (χ3v) is 7.69. The van der Waals surface area contributed by atoms with E-state index in [0.29, 0.717) is 18.4 Å². The second-order valence-corrected chi connectivity index (χ2v) is 9.79. The van der Waals surface area contributed by atoms with E-state index >= 15 is 0 Å². The summed E-state index contributed by atoms with van der Waals surface area (Å²) >= 11 is 0. The van der Waals surface area contributed by atoms with Crippen LogP contribution in [0.5, 0.6) is 0 Å². The van der Waals surface area contributed by atoms with Crippen molar-refractivity contribution in [2.24, 2.45) is 23.7 Å². The molecule has 0 radical (unpaired) electrons. The Kier molecular flexibility index (Phi) is 6.89.